The van der Waals surface area contributed by atoms with Gasteiger partial charge in [-0.2, -0.15) is 0 Å². The van der Waals surface area contributed by atoms with E-state index in [4.69, 9.17) is 27.6 Å². The standard InChI is InChI=1S/C21H18Cl2N4O/c22-14-7-4-8-15(23)18(14)19-24-16-10-9-13(11-17(16)25-19)21-27-26-20(28-21)12-5-2-1-3-6-12/h4,7-12H,1-3,5-6H2,(H,24,25). The van der Waals surface area contributed by atoms with Crippen LogP contribution in [0.5, 0.6) is 0 Å². The lowest BCUT2D eigenvalue weighted by atomic mass is 9.89. The van der Waals surface area contributed by atoms with Crippen molar-refractivity contribution in [1.82, 2.24) is 20.2 Å². The number of nitrogens with zero attached hydrogens (tertiary/aromatic N) is 3. The summed E-state index contributed by atoms with van der Waals surface area (Å²) in [7, 11) is 0. The smallest absolute Gasteiger partial charge is 0.247 e. The first-order chi connectivity index (χ1) is 13.7. The molecule has 2 heterocycles. The van der Waals surface area contributed by atoms with E-state index in [0.29, 0.717) is 33.2 Å². The molecule has 4 aromatic rings. The lowest BCUT2D eigenvalue weighted by Gasteiger charge is -2.17. The Morgan fingerprint density at radius 3 is 2.54 bits per heavy atom. The van der Waals surface area contributed by atoms with E-state index in [1.54, 1.807) is 12.1 Å². The van der Waals surface area contributed by atoms with Gasteiger partial charge in [0.25, 0.3) is 0 Å². The van der Waals surface area contributed by atoms with Gasteiger partial charge < -0.3 is 9.40 Å². The Morgan fingerprint density at radius 1 is 0.964 bits per heavy atom. The highest BCUT2D eigenvalue weighted by molar-refractivity contribution is 6.39. The van der Waals surface area contributed by atoms with Crippen molar-refractivity contribution >= 4 is 34.2 Å². The molecule has 2 aromatic carbocycles. The van der Waals surface area contributed by atoms with Crippen LogP contribution in [0.4, 0.5) is 0 Å². The van der Waals surface area contributed by atoms with E-state index < -0.39 is 0 Å². The number of aromatic amines is 1. The van der Waals surface area contributed by atoms with Crippen LogP contribution in [0.1, 0.15) is 43.9 Å². The Morgan fingerprint density at radius 2 is 1.75 bits per heavy atom. The van der Waals surface area contributed by atoms with E-state index in [1.165, 1.54) is 19.3 Å². The molecule has 5 rings (SSSR count). The Labute approximate surface area is 172 Å². The molecule has 0 radical (unpaired) electrons. The third-order valence-corrected chi connectivity index (χ3v) is 5.95. The van der Waals surface area contributed by atoms with Crippen molar-refractivity contribution in [3.63, 3.8) is 0 Å². The van der Waals surface area contributed by atoms with Gasteiger partial charge in [-0.15, -0.1) is 10.2 Å². The molecule has 0 saturated heterocycles. The summed E-state index contributed by atoms with van der Waals surface area (Å²) in [5, 5.41) is 9.68. The molecular formula is C21H18Cl2N4O. The largest absolute Gasteiger partial charge is 0.420 e. The SMILES string of the molecule is Clc1cccc(Cl)c1-c1nc2ccc(-c3nnc(C4CCCCC4)o3)cc2[nH]1. The minimum absolute atomic E-state index is 0.389. The average molecular weight is 413 g/mol. The minimum Gasteiger partial charge on any atom is -0.420 e. The topological polar surface area (TPSA) is 67.6 Å². The zero-order valence-corrected chi connectivity index (χ0v) is 16.6. The summed E-state index contributed by atoms with van der Waals surface area (Å²) >= 11 is 12.6. The van der Waals surface area contributed by atoms with Gasteiger partial charge in [0, 0.05) is 11.5 Å². The van der Waals surface area contributed by atoms with Gasteiger partial charge in [0.1, 0.15) is 5.82 Å². The maximum atomic E-state index is 6.32. The highest BCUT2D eigenvalue weighted by Crippen LogP contribution is 2.35. The maximum absolute atomic E-state index is 6.32. The molecule has 0 spiro atoms. The highest BCUT2D eigenvalue weighted by Gasteiger charge is 2.22. The van der Waals surface area contributed by atoms with Crippen molar-refractivity contribution in [1.29, 1.82) is 0 Å². The third kappa shape index (κ3) is 3.19. The van der Waals surface area contributed by atoms with Gasteiger partial charge in [0.2, 0.25) is 11.8 Å². The number of halogens is 2. The van der Waals surface area contributed by atoms with Crippen LogP contribution < -0.4 is 0 Å². The molecule has 1 saturated carbocycles. The molecule has 28 heavy (non-hydrogen) atoms. The van der Waals surface area contributed by atoms with Crippen LogP contribution in [0, 0.1) is 0 Å². The maximum Gasteiger partial charge on any atom is 0.247 e. The zero-order chi connectivity index (χ0) is 19.1. The predicted octanol–water partition coefficient (Wildman–Crippen LogP) is 6.63. The molecule has 1 aliphatic rings. The summed E-state index contributed by atoms with van der Waals surface area (Å²) in [6.45, 7) is 0. The number of hydrogen-bond donors (Lipinski definition) is 1. The van der Waals surface area contributed by atoms with Crippen molar-refractivity contribution in [3.8, 4) is 22.8 Å². The monoisotopic (exact) mass is 412 g/mol. The fourth-order valence-corrected chi connectivity index (χ4v) is 4.43. The van der Waals surface area contributed by atoms with Crippen LogP contribution in [0.2, 0.25) is 10.0 Å². The number of rotatable bonds is 3. The van der Waals surface area contributed by atoms with Crippen LogP contribution >= 0.6 is 23.2 Å². The van der Waals surface area contributed by atoms with Gasteiger partial charge in [-0.25, -0.2) is 4.98 Å². The van der Waals surface area contributed by atoms with Crippen LogP contribution in [0.3, 0.4) is 0 Å². The van der Waals surface area contributed by atoms with Crippen molar-refractivity contribution in [2.24, 2.45) is 0 Å². The molecule has 2 aromatic heterocycles. The molecule has 1 fully saturated rings. The lowest BCUT2D eigenvalue weighted by Crippen LogP contribution is -2.04. The van der Waals surface area contributed by atoms with E-state index in [9.17, 15) is 0 Å². The van der Waals surface area contributed by atoms with Crippen molar-refractivity contribution < 1.29 is 4.42 Å². The summed E-state index contributed by atoms with van der Waals surface area (Å²) in [5.41, 5.74) is 3.24. The summed E-state index contributed by atoms with van der Waals surface area (Å²) in [5.74, 6) is 2.31. The molecule has 0 aliphatic heterocycles. The van der Waals surface area contributed by atoms with Crippen LogP contribution in [0.15, 0.2) is 40.8 Å². The second kappa shape index (κ2) is 7.22. The first-order valence-corrected chi connectivity index (χ1v) is 10.2. The molecule has 0 amide bonds. The zero-order valence-electron chi connectivity index (χ0n) is 15.1. The molecule has 1 N–H and O–H groups in total. The van der Waals surface area contributed by atoms with Crippen molar-refractivity contribution in [2.75, 3.05) is 0 Å². The number of nitrogens with one attached hydrogen (secondary N) is 1. The molecule has 0 bridgehead atoms. The molecular weight excluding hydrogens is 395 g/mol. The average Bonchev–Trinajstić information content (AvgIpc) is 3.35. The van der Waals surface area contributed by atoms with E-state index in [-0.39, 0.29) is 0 Å². The van der Waals surface area contributed by atoms with Gasteiger partial charge in [-0.1, -0.05) is 48.5 Å². The number of fused-ring (bicyclic) bond motifs is 1. The van der Waals surface area contributed by atoms with Crippen molar-refractivity contribution in [3.05, 3.63) is 52.3 Å². The normalized spacial score (nSPS) is 15.4. The molecule has 142 valence electrons. The number of benzene rings is 2. The lowest BCUT2D eigenvalue weighted by molar-refractivity contribution is 0.367. The summed E-state index contributed by atoms with van der Waals surface area (Å²) in [4.78, 5) is 7.93. The van der Waals surface area contributed by atoms with Gasteiger partial charge in [0.15, 0.2) is 0 Å². The Bertz CT molecular complexity index is 1120. The van der Waals surface area contributed by atoms with Crippen LogP contribution in [-0.2, 0) is 0 Å². The van der Waals surface area contributed by atoms with Crippen molar-refractivity contribution in [2.45, 2.75) is 38.0 Å². The van der Waals surface area contributed by atoms with E-state index in [0.717, 1.165) is 35.3 Å². The number of hydrogen-bond acceptors (Lipinski definition) is 4. The molecule has 1 aliphatic carbocycles. The first-order valence-electron chi connectivity index (χ1n) is 9.47. The van der Waals surface area contributed by atoms with E-state index >= 15 is 0 Å². The number of imidazole rings is 1. The van der Waals surface area contributed by atoms with Gasteiger partial charge >= 0.3 is 0 Å². The number of H-pyrrole nitrogens is 1. The van der Waals surface area contributed by atoms with Crippen LogP contribution in [-0.4, -0.2) is 20.2 Å². The first kappa shape index (κ1) is 17.7. The summed E-state index contributed by atoms with van der Waals surface area (Å²) < 4.78 is 5.99. The van der Waals surface area contributed by atoms with Gasteiger partial charge in [-0.3, -0.25) is 0 Å². The fourth-order valence-electron chi connectivity index (χ4n) is 3.85. The van der Waals surface area contributed by atoms with Gasteiger partial charge in [-0.05, 0) is 43.2 Å². The molecule has 0 unspecified atom stereocenters. The predicted molar refractivity (Wildman–Crippen MR) is 111 cm³/mol. The number of aromatic nitrogens is 4. The summed E-state index contributed by atoms with van der Waals surface area (Å²) in [6, 6.07) is 11.3. The summed E-state index contributed by atoms with van der Waals surface area (Å²) in [6.07, 6.45) is 6.02. The van der Waals surface area contributed by atoms with Crippen LogP contribution in [0.25, 0.3) is 33.9 Å². The Kier molecular flexibility index (Phi) is 4.57. The Hall–Kier alpha value is -2.37. The second-order valence-corrected chi connectivity index (χ2v) is 8.01. The fraction of sp³-hybridized carbons (Fsp3) is 0.286. The second-order valence-electron chi connectivity index (χ2n) is 7.19. The quantitative estimate of drug-likeness (QED) is 0.409. The molecule has 0 atom stereocenters. The highest BCUT2D eigenvalue weighted by atomic mass is 35.5. The Balaban J connectivity index is 1.50. The van der Waals surface area contributed by atoms with E-state index in [2.05, 4.69) is 20.2 Å². The van der Waals surface area contributed by atoms with Gasteiger partial charge in [0.05, 0.1) is 26.6 Å². The molecule has 5 nitrogen and oxygen atoms in total. The third-order valence-electron chi connectivity index (χ3n) is 5.32. The molecule has 7 heteroatoms. The van der Waals surface area contributed by atoms with E-state index in [1.807, 2.05) is 24.3 Å². The minimum atomic E-state index is 0.389.